The van der Waals surface area contributed by atoms with E-state index in [4.69, 9.17) is 0 Å². The van der Waals surface area contributed by atoms with Crippen LogP contribution in [0.15, 0.2) is 41.6 Å². The van der Waals surface area contributed by atoms with Gasteiger partial charge in [0.2, 0.25) is 0 Å². The highest BCUT2D eigenvalue weighted by atomic mass is 32.2. The van der Waals surface area contributed by atoms with E-state index in [9.17, 15) is 15.2 Å². The van der Waals surface area contributed by atoms with Crippen LogP contribution < -0.4 is 5.32 Å². The predicted octanol–water partition coefficient (Wildman–Crippen LogP) is 1.66. The highest BCUT2D eigenvalue weighted by molar-refractivity contribution is 8.02. The molecule has 0 amide bonds. The highest BCUT2D eigenvalue weighted by Gasteiger charge is 2.32. The number of para-hydroxylation sites is 1. The Labute approximate surface area is 113 Å². The average Bonchev–Trinajstić information content (AvgIpc) is 2.98. The fourth-order valence-corrected chi connectivity index (χ4v) is 3.12. The van der Waals surface area contributed by atoms with Crippen LogP contribution in [0.5, 0.6) is 0 Å². The SMILES string of the molecule is O=[N+]([O-])c1ccccc1C1=CN2C(CO)=CSC2N1. The Morgan fingerprint density at radius 3 is 3.00 bits per heavy atom. The summed E-state index contributed by atoms with van der Waals surface area (Å²) in [5, 5.41) is 25.3. The molecular weight excluding hydrogens is 266 g/mol. The normalized spacial score (nSPS) is 20.7. The number of nitrogens with one attached hydrogen (secondary N) is 1. The van der Waals surface area contributed by atoms with E-state index in [1.165, 1.54) is 17.8 Å². The quantitative estimate of drug-likeness (QED) is 0.646. The number of thioether (sulfide) groups is 1. The lowest BCUT2D eigenvalue weighted by atomic mass is 10.1. The van der Waals surface area contributed by atoms with Crippen LogP contribution in [0, 0.1) is 10.1 Å². The first-order valence-electron chi connectivity index (χ1n) is 5.66. The third-order valence-corrected chi connectivity index (χ3v) is 4.03. The summed E-state index contributed by atoms with van der Waals surface area (Å²) in [7, 11) is 0. The van der Waals surface area contributed by atoms with E-state index in [0.29, 0.717) is 11.3 Å². The number of nitro benzene ring substituents is 1. The minimum absolute atomic E-state index is 0.0306. The Kier molecular flexibility index (Phi) is 2.92. The fourth-order valence-electron chi connectivity index (χ4n) is 2.11. The predicted molar refractivity (Wildman–Crippen MR) is 72.6 cm³/mol. The number of hydrogen-bond acceptors (Lipinski definition) is 6. The molecule has 0 saturated carbocycles. The van der Waals surface area contributed by atoms with E-state index in [-0.39, 0.29) is 17.8 Å². The van der Waals surface area contributed by atoms with Crippen LogP contribution in [-0.4, -0.2) is 27.0 Å². The summed E-state index contributed by atoms with van der Waals surface area (Å²) in [5.74, 6) is 0. The Morgan fingerprint density at radius 1 is 1.47 bits per heavy atom. The van der Waals surface area contributed by atoms with E-state index in [1.54, 1.807) is 24.4 Å². The summed E-state index contributed by atoms with van der Waals surface area (Å²) in [5.41, 5.74) is 2.08. The monoisotopic (exact) mass is 277 g/mol. The molecule has 2 heterocycles. The molecule has 3 rings (SSSR count). The summed E-state index contributed by atoms with van der Waals surface area (Å²) < 4.78 is 0. The van der Waals surface area contributed by atoms with Crippen molar-refractivity contribution in [3.05, 3.63) is 57.2 Å². The van der Waals surface area contributed by atoms with Crippen molar-refractivity contribution in [2.45, 2.75) is 5.50 Å². The molecule has 98 valence electrons. The number of hydrogen-bond donors (Lipinski definition) is 2. The van der Waals surface area contributed by atoms with Gasteiger partial charge >= 0.3 is 0 Å². The van der Waals surface area contributed by atoms with Gasteiger partial charge in [-0.25, -0.2) is 0 Å². The van der Waals surface area contributed by atoms with Crippen LogP contribution in [0.1, 0.15) is 5.56 Å². The molecule has 2 aliphatic rings. The molecule has 6 nitrogen and oxygen atoms in total. The first-order valence-corrected chi connectivity index (χ1v) is 6.61. The largest absolute Gasteiger partial charge is 0.390 e. The van der Waals surface area contributed by atoms with Crippen LogP contribution in [0.4, 0.5) is 5.69 Å². The molecule has 1 unspecified atom stereocenters. The third kappa shape index (κ3) is 1.96. The zero-order valence-corrected chi connectivity index (χ0v) is 10.6. The third-order valence-electron chi connectivity index (χ3n) is 3.02. The summed E-state index contributed by atoms with van der Waals surface area (Å²) in [4.78, 5) is 12.5. The van der Waals surface area contributed by atoms with Crippen LogP contribution in [0.25, 0.3) is 5.70 Å². The minimum Gasteiger partial charge on any atom is -0.390 e. The van der Waals surface area contributed by atoms with Crippen molar-refractivity contribution in [2.75, 3.05) is 6.61 Å². The molecule has 0 saturated heterocycles. The van der Waals surface area contributed by atoms with Crippen LogP contribution in [0.3, 0.4) is 0 Å². The lowest BCUT2D eigenvalue weighted by molar-refractivity contribution is -0.385. The number of rotatable bonds is 3. The summed E-state index contributed by atoms with van der Waals surface area (Å²) in [6.45, 7) is -0.0498. The van der Waals surface area contributed by atoms with Gasteiger partial charge in [-0.1, -0.05) is 23.9 Å². The molecule has 0 bridgehead atoms. The molecular formula is C12H11N3O3S. The van der Waals surface area contributed by atoms with E-state index in [0.717, 1.165) is 5.70 Å². The first-order chi connectivity index (χ1) is 9.20. The van der Waals surface area contributed by atoms with Crippen molar-refractivity contribution in [1.29, 1.82) is 0 Å². The Hall–Kier alpha value is -1.99. The Balaban J connectivity index is 1.97. The van der Waals surface area contributed by atoms with Gasteiger partial charge in [-0.05, 0) is 11.5 Å². The van der Waals surface area contributed by atoms with Crippen molar-refractivity contribution >= 4 is 23.1 Å². The van der Waals surface area contributed by atoms with Gasteiger partial charge in [0.25, 0.3) is 5.69 Å². The minimum atomic E-state index is -0.392. The summed E-state index contributed by atoms with van der Waals surface area (Å²) >= 11 is 1.53. The highest BCUT2D eigenvalue weighted by Crippen LogP contribution is 2.37. The average molecular weight is 277 g/mol. The standard InChI is InChI=1S/C12H11N3O3S/c16-6-8-7-19-12-13-10(5-14(8)12)9-3-1-2-4-11(9)15(17)18/h1-5,7,12-13,16H,6H2. The maximum absolute atomic E-state index is 11.0. The summed E-state index contributed by atoms with van der Waals surface area (Å²) in [6.07, 6.45) is 1.80. The van der Waals surface area contributed by atoms with Crippen LogP contribution in [-0.2, 0) is 0 Å². The van der Waals surface area contributed by atoms with E-state index >= 15 is 0 Å². The lowest BCUT2D eigenvalue weighted by Crippen LogP contribution is -2.29. The van der Waals surface area contributed by atoms with Gasteiger partial charge in [-0.3, -0.25) is 10.1 Å². The second-order valence-corrected chi connectivity index (χ2v) is 5.08. The molecule has 1 aromatic rings. The van der Waals surface area contributed by atoms with Gasteiger partial charge < -0.3 is 15.3 Å². The van der Waals surface area contributed by atoms with Gasteiger partial charge in [-0.2, -0.15) is 0 Å². The molecule has 1 atom stereocenters. The molecule has 0 aliphatic carbocycles. The van der Waals surface area contributed by atoms with Gasteiger partial charge in [0, 0.05) is 12.3 Å². The number of aliphatic hydroxyl groups is 1. The summed E-state index contributed by atoms with van der Waals surface area (Å²) in [6, 6.07) is 6.61. The molecule has 0 spiro atoms. The lowest BCUT2D eigenvalue weighted by Gasteiger charge is -2.17. The van der Waals surface area contributed by atoms with Crippen molar-refractivity contribution in [3.63, 3.8) is 0 Å². The molecule has 2 aliphatic heterocycles. The van der Waals surface area contributed by atoms with E-state index < -0.39 is 4.92 Å². The maximum atomic E-state index is 11.0. The van der Waals surface area contributed by atoms with Crippen molar-refractivity contribution < 1.29 is 10.0 Å². The Morgan fingerprint density at radius 2 is 2.26 bits per heavy atom. The van der Waals surface area contributed by atoms with Crippen LogP contribution >= 0.6 is 11.8 Å². The van der Waals surface area contributed by atoms with Crippen molar-refractivity contribution in [3.8, 4) is 0 Å². The van der Waals surface area contributed by atoms with Gasteiger partial charge in [0.15, 0.2) is 5.50 Å². The topological polar surface area (TPSA) is 78.6 Å². The Bertz CT molecular complexity index is 600. The van der Waals surface area contributed by atoms with Crippen LogP contribution in [0.2, 0.25) is 0 Å². The number of benzene rings is 1. The van der Waals surface area contributed by atoms with E-state index in [2.05, 4.69) is 5.32 Å². The molecule has 0 fully saturated rings. The molecule has 2 N–H and O–H groups in total. The smallest absolute Gasteiger partial charge is 0.278 e. The van der Waals surface area contributed by atoms with Crippen molar-refractivity contribution in [2.24, 2.45) is 0 Å². The number of fused-ring (bicyclic) bond motifs is 1. The van der Waals surface area contributed by atoms with Gasteiger partial charge in [0.05, 0.1) is 28.5 Å². The second kappa shape index (κ2) is 4.60. The van der Waals surface area contributed by atoms with Gasteiger partial charge in [-0.15, -0.1) is 0 Å². The van der Waals surface area contributed by atoms with Crippen molar-refractivity contribution in [1.82, 2.24) is 10.2 Å². The first kappa shape index (κ1) is 12.1. The van der Waals surface area contributed by atoms with E-state index in [1.807, 2.05) is 10.3 Å². The number of nitrogens with zero attached hydrogens (tertiary/aromatic N) is 2. The maximum Gasteiger partial charge on any atom is 0.278 e. The number of nitro groups is 1. The molecule has 0 radical (unpaired) electrons. The fraction of sp³-hybridized carbons (Fsp3) is 0.167. The zero-order valence-electron chi connectivity index (χ0n) is 9.81. The zero-order chi connectivity index (χ0) is 13.4. The molecule has 19 heavy (non-hydrogen) atoms. The molecule has 7 heteroatoms. The second-order valence-electron chi connectivity index (χ2n) is 4.12. The molecule has 0 aromatic heterocycles. The van der Waals surface area contributed by atoms with Gasteiger partial charge in [0.1, 0.15) is 0 Å². The molecule has 1 aromatic carbocycles. The number of aliphatic hydroxyl groups excluding tert-OH is 1.